The Morgan fingerprint density at radius 2 is 2.37 bits per heavy atom. The van der Waals surface area contributed by atoms with Gasteiger partial charge in [-0.2, -0.15) is 0 Å². The molecule has 4 heteroatoms. The molecule has 2 fully saturated rings. The fraction of sp³-hybridized carbons (Fsp3) is 0.667. The summed E-state index contributed by atoms with van der Waals surface area (Å²) in [5, 5.41) is 10.4. The molecule has 1 aromatic heterocycles. The van der Waals surface area contributed by atoms with Gasteiger partial charge in [0.25, 0.3) is 0 Å². The maximum Gasteiger partial charge on any atom is 0.0940 e. The van der Waals surface area contributed by atoms with Gasteiger partial charge in [0.15, 0.2) is 0 Å². The van der Waals surface area contributed by atoms with Crippen molar-refractivity contribution in [1.82, 2.24) is 4.98 Å². The summed E-state index contributed by atoms with van der Waals surface area (Å²) in [6, 6.07) is 5.83. The SMILES string of the molecule is OC(Cc1ccccn1)C1CCOC2(CCOC2)C1. The highest BCUT2D eigenvalue weighted by Crippen LogP contribution is 2.37. The third kappa shape index (κ3) is 2.96. The molecule has 3 unspecified atom stereocenters. The number of rotatable bonds is 3. The van der Waals surface area contributed by atoms with E-state index < -0.39 is 0 Å². The molecule has 0 bridgehead atoms. The van der Waals surface area contributed by atoms with Crippen LogP contribution in [0.2, 0.25) is 0 Å². The lowest BCUT2D eigenvalue weighted by molar-refractivity contribution is -0.116. The largest absolute Gasteiger partial charge is 0.392 e. The summed E-state index contributed by atoms with van der Waals surface area (Å²) in [5.41, 5.74) is 0.826. The van der Waals surface area contributed by atoms with E-state index in [0.29, 0.717) is 13.0 Å². The predicted molar refractivity (Wildman–Crippen MR) is 70.8 cm³/mol. The Morgan fingerprint density at radius 1 is 1.42 bits per heavy atom. The summed E-state index contributed by atoms with van der Waals surface area (Å²) in [7, 11) is 0. The van der Waals surface area contributed by atoms with E-state index in [4.69, 9.17) is 9.47 Å². The Labute approximate surface area is 113 Å². The summed E-state index contributed by atoms with van der Waals surface area (Å²) in [4.78, 5) is 4.29. The number of ether oxygens (including phenoxy) is 2. The van der Waals surface area contributed by atoms with Gasteiger partial charge >= 0.3 is 0 Å². The molecule has 2 aliphatic rings. The highest BCUT2D eigenvalue weighted by atomic mass is 16.6. The summed E-state index contributed by atoms with van der Waals surface area (Å²) in [6.07, 6.45) is 4.86. The average molecular weight is 263 g/mol. The third-order valence-corrected chi connectivity index (χ3v) is 4.29. The lowest BCUT2D eigenvalue weighted by atomic mass is 9.81. The standard InChI is InChI=1S/C15H21NO3/c17-14(9-13-3-1-2-6-16-13)12-4-7-19-15(10-12)5-8-18-11-15/h1-3,6,12,14,17H,4-5,7-11H2. The zero-order chi connectivity index (χ0) is 13.1. The fourth-order valence-corrected chi connectivity index (χ4v) is 3.16. The van der Waals surface area contributed by atoms with Crippen molar-refractivity contribution in [3.63, 3.8) is 0 Å². The van der Waals surface area contributed by atoms with Crippen LogP contribution in [0.1, 0.15) is 25.0 Å². The Morgan fingerprint density at radius 3 is 3.11 bits per heavy atom. The Bertz CT molecular complexity index is 403. The first-order valence-corrected chi connectivity index (χ1v) is 7.07. The number of hydrogen-bond acceptors (Lipinski definition) is 4. The van der Waals surface area contributed by atoms with Gasteiger partial charge in [0.2, 0.25) is 0 Å². The van der Waals surface area contributed by atoms with Gasteiger partial charge in [-0.1, -0.05) is 6.07 Å². The van der Waals surface area contributed by atoms with E-state index in [9.17, 15) is 5.11 Å². The molecule has 0 aromatic carbocycles. The summed E-state index contributed by atoms with van der Waals surface area (Å²) in [5.74, 6) is 0.289. The molecule has 19 heavy (non-hydrogen) atoms. The normalized spacial score (nSPS) is 32.6. The summed E-state index contributed by atoms with van der Waals surface area (Å²) >= 11 is 0. The topological polar surface area (TPSA) is 51.6 Å². The molecule has 1 aromatic rings. The Balaban J connectivity index is 1.61. The molecule has 0 radical (unpaired) electrons. The highest BCUT2D eigenvalue weighted by molar-refractivity contribution is 5.05. The van der Waals surface area contributed by atoms with Crippen molar-refractivity contribution in [2.75, 3.05) is 19.8 Å². The molecule has 1 N–H and O–H groups in total. The second-order valence-corrected chi connectivity index (χ2v) is 5.68. The molecule has 0 aliphatic carbocycles. The number of nitrogens with zero attached hydrogens (tertiary/aromatic N) is 1. The van der Waals surface area contributed by atoms with Crippen molar-refractivity contribution >= 4 is 0 Å². The third-order valence-electron chi connectivity index (χ3n) is 4.29. The van der Waals surface area contributed by atoms with Crippen LogP contribution in [0.3, 0.4) is 0 Å². The summed E-state index contributed by atoms with van der Waals surface area (Å²) < 4.78 is 11.4. The van der Waals surface area contributed by atoms with Gasteiger partial charge < -0.3 is 14.6 Å². The van der Waals surface area contributed by atoms with Crippen LogP contribution in [0.5, 0.6) is 0 Å². The Kier molecular flexibility index (Phi) is 3.82. The maximum atomic E-state index is 10.4. The van der Waals surface area contributed by atoms with Crippen LogP contribution in [0.4, 0.5) is 0 Å². The van der Waals surface area contributed by atoms with Gasteiger partial charge in [0.1, 0.15) is 0 Å². The van der Waals surface area contributed by atoms with E-state index in [1.165, 1.54) is 0 Å². The fourth-order valence-electron chi connectivity index (χ4n) is 3.16. The quantitative estimate of drug-likeness (QED) is 0.899. The monoisotopic (exact) mass is 263 g/mol. The minimum absolute atomic E-state index is 0.131. The van der Waals surface area contributed by atoms with Gasteiger partial charge in [-0.15, -0.1) is 0 Å². The first-order valence-electron chi connectivity index (χ1n) is 7.07. The molecular weight excluding hydrogens is 242 g/mol. The minimum atomic E-state index is -0.337. The minimum Gasteiger partial charge on any atom is -0.392 e. The molecule has 104 valence electrons. The van der Waals surface area contributed by atoms with E-state index in [-0.39, 0.29) is 17.6 Å². The smallest absolute Gasteiger partial charge is 0.0940 e. The molecular formula is C15H21NO3. The molecule has 3 atom stereocenters. The van der Waals surface area contributed by atoms with Crippen LogP contribution in [-0.2, 0) is 15.9 Å². The lowest BCUT2D eigenvalue weighted by Crippen LogP contribution is -2.44. The van der Waals surface area contributed by atoms with E-state index in [1.54, 1.807) is 6.20 Å². The van der Waals surface area contributed by atoms with Crippen LogP contribution in [0.15, 0.2) is 24.4 Å². The molecule has 2 saturated heterocycles. The van der Waals surface area contributed by atoms with Crippen molar-refractivity contribution in [1.29, 1.82) is 0 Å². The number of hydrogen-bond donors (Lipinski definition) is 1. The number of aromatic nitrogens is 1. The van der Waals surface area contributed by atoms with Gasteiger partial charge in [-0.05, 0) is 30.9 Å². The van der Waals surface area contributed by atoms with Gasteiger partial charge in [0, 0.05) is 37.9 Å². The van der Waals surface area contributed by atoms with Crippen LogP contribution in [0.25, 0.3) is 0 Å². The van der Waals surface area contributed by atoms with E-state index >= 15 is 0 Å². The maximum absolute atomic E-state index is 10.4. The van der Waals surface area contributed by atoms with Crippen molar-refractivity contribution in [2.45, 2.75) is 37.4 Å². The first kappa shape index (κ1) is 13.0. The second-order valence-electron chi connectivity index (χ2n) is 5.68. The van der Waals surface area contributed by atoms with Crippen LogP contribution in [0, 0.1) is 5.92 Å². The molecule has 0 amide bonds. The van der Waals surface area contributed by atoms with Gasteiger partial charge in [-0.3, -0.25) is 4.98 Å². The molecule has 2 aliphatic heterocycles. The van der Waals surface area contributed by atoms with Crippen molar-refractivity contribution in [3.8, 4) is 0 Å². The molecule has 3 heterocycles. The van der Waals surface area contributed by atoms with Crippen molar-refractivity contribution in [3.05, 3.63) is 30.1 Å². The lowest BCUT2D eigenvalue weighted by Gasteiger charge is -2.38. The highest BCUT2D eigenvalue weighted by Gasteiger charge is 2.42. The molecule has 1 spiro atoms. The van der Waals surface area contributed by atoms with Crippen LogP contribution < -0.4 is 0 Å². The molecule has 4 nitrogen and oxygen atoms in total. The van der Waals surface area contributed by atoms with E-state index in [0.717, 1.165) is 38.2 Å². The van der Waals surface area contributed by atoms with Crippen molar-refractivity contribution in [2.24, 2.45) is 5.92 Å². The van der Waals surface area contributed by atoms with E-state index in [1.807, 2.05) is 18.2 Å². The average Bonchev–Trinajstić information content (AvgIpc) is 2.88. The summed E-state index contributed by atoms with van der Waals surface area (Å²) in [6.45, 7) is 2.19. The Hall–Kier alpha value is -0.970. The zero-order valence-electron chi connectivity index (χ0n) is 11.1. The predicted octanol–water partition coefficient (Wildman–Crippen LogP) is 1.57. The second kappa shape index (κ2) is 5.57. The van der Waals surface area contributed by atoms with Crippen molar-refractivity contribution < 1.29 is 14.6 Å². The van der Waals surface area contributed by atoms with Gasteiger partial charge in [-0.25, -0.2) is 0 Å². The number of pyridine rings is 1. The zero-order valence-corrected chi connectivity index (χ0v) is 11.1. The molecule has 3 rings (SSSR count). The van der Waals surface area contributed by atoms with E-state index in [2.05, 4.69) is 4.98 Å². The first-order chi connectivity index (χ1) is 9.27. The number of aliphatic hydroxyl groups excluding tert-OH is 1. The van der Waals surface area contributed by atoms with Crippen LogP contribution in [-0.4, -0.2) is 41.6 Å². The van der Waals surface area contributed by atoms with Crippen LogP contribution >= 0.6 is 0 Å². The number of aliphatic hydroxyl groups is 1. The molecule has 0 saturated carbocycles. The van der Waals surface area contributed by atoms with Gasteiger partial charge in [0.05, 0.1) is 18.3 Å².